The van der Waals surface area contributed by atoms with E-state index >= 15 is 0 Å². The lowest BCUT2D eigenvalue weighted by molar-refractivity contribution is 1.18. The lowest BCUT2D eigenvalue weighted by Gasteiger charge is -2.27. The number of anilines is 3. The van der Waals surface area contributed by atoms with Crippen LogP contribution in [0.15, 0.2) is 164 Å². The van der Waals surface area contributed by atoms with Crippen LogP contribution >= 0.6 is 0 Å². The molecule has 0 fully saturated rings. The van der Waals surface area contributed by atoms with E-state index < -0.39 is 0 Å². The molecule has 7 aromatic rings. The fourth-order valence-electron chi connectivity index (χ4n) is 6.01. The zero-order chi connectivity index (χ0) is 28.6. The first kappa shape index (κ1) is 25.0. The van der Waals surface area contributed by atoms with E-state index in [0.717, 1.165) is 45.1 Å². The summed E-state index contributed by atoms with van der Waals surface area (Å²) in [6.45, 7) is 0. The lowest BCUT2D eigenvalue weighted by atomic mass is 9.94. The molecular weight excluding hydrogens is 522 g/mol. The average molecular weight is 550 g/mol. The van der Waals surface area contributed by atoms with Crippen molar-refractivity contribution in [3.05, 3.63) is 164 Å². The van der Waals surface area contributed by atoms with Crippen molar-refractivity contribution in [2.24, 2.45) is 0 Å². The fourth-order valence-corrected chi connectivity index (χ4v) is 6.01. The Kier molecular flexibility index (Phi) is 6.12. The quantitative estimate of drug-likeness (QED) is 0.219. The van der Waals surface area contributed by atoms with Gasteiger partial charge in [-0.05, 0) is 41.5 Å². The van der Waals surface area contributed by atoms with Crippen LogP contribution < -0.4 is 4.90 Å². The topological polar surface area (TPSA) is 29.0 Å². The molecule has 3 nitrogen and oxygen atoms in total. The van der Waals surface area contributed by atoms with Crippen molar-refractivity contribution in [2.45, 2.75) is 0 Å². The number of benzene rings is 6. The number of fused-ring (bicyclic) bond motifs is 5. The molecule has 0 saturated carbocycles. The zero-order valence-electron chi connectivity index (χ0n) is 23.4. The zero-order valence-corrected chi connectivity index (χ0v) is 23.4. The summed E-state index contributed by atoms with van der Waals surface area (Å²) in [6, 6.07) is 57.3. The highest BCUT2D eigenvalue weighted by molar-refractivity contribution is 6.03. The van der Waals surface area contributed by atoms with Crippen molar-refractivity contribution in [1.29, 1.82) is 0 Å². The Morgan fingerprint density at radius 1 is 0.349 bits per heavy atom. The molecule has 0 atom stereocenters. The third-order valence-corrected chi connectivity index (χ3v) is 8.03. The van der Waals surface area contributed by atoms with Crippen LogP contribution in [0.3, 0.4) is 0 Å². The van der Waals surface area contributed by atoms with Gasteiger partial charge in [0.25, 0.3) is 0 Å². The highest BCUT2D eigenvalue weighted by atomic mass is 15.1. The SMILES string of the molecule is c1ccc(-c2cc(-c3ccccc3)nc(-c3ccc4c(c3)N(c3ccccc3)c3ccccc3-c3ccccc3-4)n2)cc1. The molecule has 202 valence electrons. The molecule has 43 heavy (non-hydrogen) atoms. The predicted octanol–water partition coefficient (Wildman–Crippen LogP) is 10.6. The molecule has 0 aliphatic carbocycles. The van der Waals surface area contributed by atoms with Crippen molar-refractivity contribution < 1.29 is 0 Å². The van der Waals surface area contributed by atoms with E-state index in [1.165, 1.54) is 22.3 Å². The third-order valence-electron chi connectivity index (χ3n) is 8.03. The van der Waals surface area contributed by atoms with Crippen LogP contribution in [-0.2, 0) is 0 Å². The van der Waals surface area contributed by atoms with Gasteiger partial charge in [0, 0.05) is 33.5 Å². The van der Waals surface area contributed by atoms with E-state index in [-0.39, 0.29) is 0 Å². The standard InChI is InChI=1S/C40H27N3/c1-4-14-28(15-5-1)36-27-37(29-16-6-2-7-17-29)42-40(41-36)30-24-25-35-33-21-11-10-20-32(33)34-22-12-13-23-38(34)43(39(35)26-30)31-18-8-3-9-19-31/h1-27H. The minimum absolute atomic E-state index is 0.696. The van der Waals surface area contributed by atoms with Crippen molar-refractivity contribution in [3.8, 4) is 56.2 Å². The second kappa shape index (κ2) is 10.6. The molecule has 3 heteroatoms. The molecule has 1 aromatic heterocycles. The second-order valence-corrected chi connectivity index (χ2v) is 10.7. The number of rotatable bonds is 4. The van der Waals surface area contributed by atoms with E-state index in [0.29, 0.717) is 5.82 Å². The Morgan fingerprint density at radius 3 is 1.44 bits per heavy atom. The fraction of sp³-hybridized carbons (Fsp3) is 0. The molecule has 2 heterocycles. The first-order chi connectivity index (χ1) is 21.3. The van der Waals surface area contributed by atoms with Gasteiger partial charge in [0.15, 0.2) is 5.82 Å². The summed E-state index contributed by atoms with van der Waals surface area (Å²) in [5.74, 6) is 0.696. The van der Waals surface area contributed by atoms with Crippen LogP contribution in [0.2, 0.25) is 0 Å². The van der Waals surface area contributed by atoms with E-state index in [1.807, 2.05) is 36.4 Å². The lowest BCUT2D eigenvalue weighted by Crippen LogP contribution is -2.11. The van der Waals surface area contributed by atoms with Gasteiger partial charge in [-0.25, -0.2) is 9.97 Å². The molecule has 0 radical (unpaired) electrons. The van der Waals surface area contributed by atoms with Crippen LogP contribution in [0.1, 0.15) is 0 Å². The second-order valence-electron chi connectivity index (χ2n) is 10.7. The van der Waals surface area contributed by atoms with Gasteiger partial charge in [0.1, 0.15) is 0 Å². The van der Waals surface area contributed by atoms with Crippen molar-refractivity contribution >= 4 is 17.1 Å². The minimum atomic E-state index is 0.696. The molecule has 0 amide bonds. The van der Waals surface area contributed by atoms with Gasteiger partial charge in [0.2, 0.25) is 0 Å². The van der Waals surface area contributed by atoms with Crippen LogP contribution in [-0.4, -0.2) is 9.97 Å². The molecule has 1 aliphatic heterocycles. The predicted molar refractivity (Wildman–Crippen MR) is 177 cm³/mol. The van der Waals surface area contributed by atoms with Crippen LogP contribution in [0.5, 0.6) is 0 Å². The summed E-state index contributed by atoms with van der Waals surface area (Å²) in [6.07, 6.45) is 0. The molecule has 0 saturated heterocycles. The molecule has 0 bridgehead atoms. The van der Waals surface area contributed by atoms with Crippen molar-refractivity contribution in [3.63, 3.8) is 0 Å². The van der Waals surface area contributed by atoms with Gasteiger partial charge in [-0.1, -0.05) is 133 Å². The third kappa shape index (κ3) is 4.48. The van der Waals surface area contributed by atoms with Crippen LogP contribution in [0.4, 0.5) is 17.1 Å². The highest BCUT2D eigenvalue weighted by Crippen LogP contribution is 2.51. The Labute approximate surface area is 251 Å². The summed E-state index contributed by atoms with van der Waals surface area (Å²) in [5.41, 5.74) is 13.0. The first-order valence-electron chi connectivity index (χ1n) is 14.5. The number of hydrogen-bond donors (Lipinski definition) is 0. The Balaban J connectivity index is 1.39. The summed E-state index contributed by atoms with van der Waals surface area (Å²) < 4.78 is 0. The van der Waals surface area contributed by atoms with Crippen molar-refractivity contribution in [1.82, 2.24) is 9.97 Å². The number of aromatic nitrogens is 2. The van der Waals surface area contributed by atoms with Gasteiger partial charge < -0.3 is 4.90 Å². The smallest absolute Gasteiger partial charge is 0.160 e. The molecule has 1 aliphatic rings. The largest absolute Gasteiger partial charge is 0.309 e. The molecule has 6 aromatic carbocycles. The van der Waals surface area contributed by atoms with Crippen LogP contribution in [0, 0.1) is 0 Å². The number of hydrogen-bond acceptors (Lipinski definition) is 3. The van der Waals surface area contributed by atoms with E-state index in [4.69, 9.17) is 9.97 Å². The normalized spacial score (nSPS) is 11.7. The van der Waals surface area contributed by atoms with E-state index in [2.05, 4.69) is 132 Å². The Bertz CT molecular complexity index is 2010. The monoisotopic (exact) mass is 549 g/mol. The van der Waals surface area contributed by atoms with E-state index in [9.17, 15) is 0 Å². The maximum absolute atomic E-state index is 5.13. The summed E-state index contributed by atoms with van der Waals surface area (Å²) >= 11 is 0. The Morgan fingerprint density at radius 2 is 0.837 bits per heavy atom. The number of para-hydroxylation sites is 2. The number of nitrogens with zero attached hydrogens (tertiary/aromatic N) is 3. The maximum atomic E-state index is 5.13. The van der Waals surface area contributed by atoms with Crippen LogP contribution in [0.25, 0.3) is 56.2 Å². The van der Waals surface area contributed by atoms with Gasteiger partial charge in [-0.15, -0.1) is 0 Å². The minimum Gasteiger partial charge on any atom is -0.309 e. The van der Waals surface area contributed by atoms with Crippen molar-refractivity contribution in [2.75, 3.05) is 4.90 Å². The van der Waals surface area contributed by atoms with E-state index in [1.54, 1.807) is 0 Å². The van der Waals surface area contributed by atoms with Gasteiger partial charge in [-0.3, -0.25) is 0 Å². The maximum Gasteiger partial charge on any atom is 0.160 e. The Hall–Kier alpha value is -5.80. The summed E-state index contributed by atoms with van der Waals surface area (Å²) in [7, 11) is 0. The van der Waals surface area contributed by atoms with Gasteiger partial charge >= 0.3 is 0 Å². The first-order valence-corrected chi connectivity index (χ1v) is 14.5. The van der Waals surface area contributed by atoms with Gasteiger partial charge in [-0.2, -0.15) is 0 Å². The molecule has 0 spiro atoms. The average Bonchev–Trinajstić information content (AvgIpc) is 3.21. The molecule has 0 unspecified atom stereocenters. The molecule has 8 rings (SSSR count). The molecule has 0 N–H and O–H groups in total. The summed E-state index contributed by atoms with van der Waals surface area (Å²) in [4.78, 5) is 12.6. The molecular formula is C40H27N3. The summed E-state index contributed by atoms with van der Waals surface area (Å²) in [5, 5.41) is 0. The van der Waals surface area contributed by atoms with Gasteiger partial charge in [0.05, 0.1) is 22.8 Å². The highest BCUT2D eigenvalue weighted by Gasteiger charge is 2.26.